The first-order chi connectivity index (χ1) is 24.6. The van der Waals surface area contributed by atoms with Gasteiger partial charge < -0.3 is 29.7 Å². The van der Waals surface area contributed by atoms with Crippen molar-refractivity contribution in [3.8, 4) is 11.6 Å². The van der Waals surface area contributed by atoms with Crippen molar-refractivity contribution in [1.29, 1.82) is 0 Å². The molecule has 0 unspecified atom stereocenters. The number of likely N-dealkylation sites (tertiary alicyclic amines) is 1. The van der Waals surface area contributed by atoms with Crippen molar-refractivity contribution in [2.45, 2.75) is 122 Å². The minimum Gasteiger partial charge on any atom is -0.497 e. The molecule has 2 aromatic rings. The number of nitrogens with one attached hydrogen (secondary N) is 3. The van der Waals surface area contributed by atoms with E-state index in [1.54, 1.807) is 73.8 Å². The second-order valence-electron chi connectivity index (χ2n) is 16.5. The molecule has 2 aliphatic carbocycles. The van der Waals surface area contributed by atoms with E-state index in [-0.39, 0.29) is 25.3 Å². The number of alkyl carbamates (subject to hydrolysis) is 1. The number of carbonyl (C=O) groups is 4. The Morgan fingerprint density at radius 3 is 2.32 bits per heavy atom. The standard InChI is InChI=1S/C37H52N6O9S/c1-11-21-19-37(21,32(46)42-53(48,49)36(9)15-16-36)41-29(44)27-18-23(51-30-24(12-2)38-25-14-13-22(50-10)17-26(25)39-30)20-43(27)31(45)28(34(3,4)5)40-33(47)52-35(6,7)8/h11,13-14,17,21,23,27-28H,1,12,15-16,18-20H2,2-10H3,(H,40,47)(H,41,44)(H,42,46)/t21-,23-,27+,28-,37-/m1/s1. The summed E-state index contributed by atoms with van der Waals surface area (Å²) in [5.41, 5.74) is -1.51. The normalized spacial score (nSPS) is 24.1. The predicted molar refractivity (Wildman–Crippen MR) is 196 cm³/mol. The number of rotatable bonds is 12. The van der Waals surface area contributed by atoms with Crippen molar-refractivity contribution >= 4 is 44.9 Å². The smallest absolute Gasteiger partial charge is 0.408 e. The molecule has 53 heavy (non-hydrogen) atoms. The fourth-order valence-electron chi connectivity index (χ4n) is 6.40. The van der Waals surface area contributed by atoms with Crippen LogP contribution in [0, 0.1) is 11.3 Å². The van der Waals surface area contributed by atoms with Gasteiger partial charge in [-0.2, -0.15) is 0 Å². The van der Waals surface area contributed by atoms with Gasteiger partial charge in [0.1, 0.15) is 40.8 Å². The summed E-state index contributed by atoms with van der Waals surface area (Å²) in [7, 11) is -2.46. The molecular weight excluding hydrogens is 705 g/mol. The first-order valence-electron chi connectivity index (χ1n) is 17.9. The Morgan fingerprint density at radius 2 is 1.77 bits per heavy atom. The number of aromatic nitrogens is 2. The maximum atomic E-state index is 14.5. The number of carbonyl (C=O) groups excluding carboxylic acids is 4. The molecule has 0 radical (unpaired) electrons. The van der Waals surface area contributed by atoms with Crippen LogP contribution in [-0.4, -0.2) is 94.8 Å². The van der Waals surface area contributed by atoms with E-state index >= 15 is 0 Å². The molecule has 5 rings (SSSR count). The largest absolute Gasteiger partial charge is 0.497 e. The molecule has 5 atom stereocenters. The Labute approximate surface area is 311 Å². The van der Waals surface area contributed by atoms with E-state index in [9.17, 15) is 27.6 Å². The first kappa shape index (κ1) is 39.7. The fourth-order valence-corrected chi connectivity index (χ4v) is 7.71. The Balaban J connectivity index is 1.47. The van der Waals surface area contributed by atoms with Crippen LogP contribution in [0.4, 0.5) is 4.79 Å². The quantitative estimate of drug-likeness (QED) is 0.268. The summed E-state index contributed by atoms with van der Waals surface area (Å²) in [6, 6.07) is 2.99. The second-order valence-corrected chi connectivity index (χ2v) is 18.7. The van der Waals surface area contributed by atoms with Crippen LogP contribution in [0.25, 0.3) is 11.0 Å². The monoisotopic (exact) mass is 756 g/mol. The average molecular weight is 757 g/mol. The molecule has 1 saturated heterocycles. The number of hydrogen-bond donors (Lipinski definition) is 3. The van der Waals surface area contributed by atoms with Crippen LogP contribution in [0.3, 0.4) is 0 Å². The second kappa shape index (κ2) is 14.1. The fraction of sp³-hybridized carbons (Fsp3) is 0.622. The van der Waals surface area contributed by atoms with Crippen LogP contribution in [0.15, 0.2) is 30.9 Å². The minimum absolute atomic E-state index is 0.00528. The lowest BCUT2D eigenvalue weighted by Crippen LogP contribution is -2.60. The van der Waals surface area contributed by atoms with E-state index in [0.717, 1.165) is 0 Å². The van der Waals surface area contributed by atoms with Gasteiger partial charge in [-0.3, -0.25) is 19.1 Å². The number of ether oxygens (including phenoxy) is 3. The lowest BCUT2D eigenvalue weighted by molar-refractivity contribution is -0.143. The molecule has 16 heteroatoms. The summed E-state index contributed by atoms with van der Waals surface area (Å²) in [4.78, 5) is 66.2. The number of hydrogen-bond acceptors (Lipinski definition) is 11. The third-order valence-corrected chi connectivity index (χ3v) is 12.2. The predicted octanol–water partition coefficient (Wildman–Crippen LogP) is 3.55. The number of fused-ring (bicyclic) bond motifs is 1. The van der Waals surface area contributed by atoms with Gasteiger partial charge in [-0.1, -0.05) is 33.8 Å². The topological polar surface area (TPSA) is 195 Å². The molecule has 1 aromatic carbocycles. The van der Waals surface area contributed by atoms with Crippen molar-refractivity contribution in [3.63, 3.8) is 0 Å². The highest BCUT2D eigenvalue weighted by Gasteiger charge is 2.63. The van der Waals surface area contributed by atoms with Gasteiger partial charge in [0, 0.05) is 18.4 Å². The summed E-state index contributed by atoms with van der Waals surface area (Å²) in [6.07, 6.45) is 1.38. The molecule has 4 amide bonds. The SMILES string of the molecule is C=C[C@@H]1C[C@]1(NC(=O)[C@@H]1C[C@@H](Oc2nc3cc(OC)ccc3nc2CC)CN1C(=O)[C@@H](NC(=O)OC(C)(C)C)C(C)(C)C)C(=O)NS(=O)(=O)C1(C)CC1. The maximum Gasteiger partial charge on any atom is 0.408 e. The summed E-state index contributed by atoms with van der Waals surface area (Å²) in [5.74, 6) is -1.85. The highest BCUT2D eigenvalue weighted by molar-refractivity contribution is 7.91. The maximum absolute atomic E-state index is 14.5. The molecule has 2 heterocycles. The van der Waals surface area contributed by atoms with Gasteiger partial charge in [0.15, 0.2) is 0 Å². The Bertz CT molecular complexity index is 1920. The van der Waals surface area contributed by atoms with Gasteiger partial charge in [-0.05, 0) is 70.9 Å². The number of sulfonamides is 1. The number of amides is 4. The third kappa shape index (κ3) is 8.36. The number of aryl methyl sites for hydroxylation is 1. The van der Waals surface area contributed by atoms with Crippen molar-refractivity contribution in [2.24, 2.45) is 11.3 Å². The van der Waals surface area contributed by atoms with Crippen molar-refractivity contribution in [2.75, 3.05) is 13.7 Å². The molecule has 2 saturated carbocycles. The van der Waals surface area contributed by atoms with Crippen molar-refractivity contribution in [1.82, 2.24) is 30.2 Å². The van der Waals surface area contributed by atoms with Crippen molar-refractivity contribution < 1.29 is 41.8 Å². The van der Waals surface area contributed by atoms with E-state index in [0.29, 0.717) is 41.7 Å². The molecule has 0 spiro atoms. The van der Waals surface area contributed by atoms with E-state index in [1.165, 1.54) is 11.0 Å². The highest BCUT2D eigenvalue weighted by Crippen LogP contribution is 2.47. The number of nitrogens with zero attached hydrogens (tertiary/aromatic N) is 3. The van der Waals surface area contributed by atoms with Gasteiger partial charge in [0.25, 0.3) is 5.91 Å². The lowest BCUT2D eigenvalue weighted by Gasteiger charge is -2.36. The molecule has 290 valence electrons. The molecule has 0 bridgehead atoms. The zero-order chi connectivity index (χ0) is 39.3. The lowest BCUT2D eigenvalue weighted by atomic mass is 9.85. The van der Waals surface area contributed by atoms with Crippen LogP contribution in [0.1, 0.15) is 86.8 Å². The third-order valence-electron chi connectivity index (χ3n) is 10.0. The van der Waals surface area contributed by atoms with Crippen LogP contribution >= 0.6 is 0 Å². The molecule has 3 N–H and O–H groups in total. The zero-order valence-electron chi connectivity index (χ0n) is 32.0. The van der Waals surface area contributed by atoms with Gasteiger partial charge in [-0.15, -0.1) is 6.58 Å². The molecular formula is C37H52N6O9S. The van der Waals surface area contributed by atoms with Gasteiger partial charge in [-0.25, -0.2) is 23.2 Å². The number of benzene rings is 1. The summed E-state index contributed by atoms with van der Waals surface area (Å²) in [6.45, 7) is 17.6. The van der Waals surface area contributed by atoms with Gasteiger partial charge in [0.05, 0.1) is 29.4 Å². The first-order valence-corrected chi connectivity index (χ1v) is 19.4. The average Bonchev–Trinajstić information content (AvgIpc) is 3.95. The van der Waals surface area contributed by atoms with Gasteiger partial charge >= 0.3 is 6.09 Å². The Morgan fingerprint density at radius 1 is 1.09 bits per heavy atom. The van der Waals surface area contributed by atoms with Crippen LogP contribution in [-0.2, 0) is 35.6 Å². The van der Waals surface area contributed by atoms with Crippen LogP contribution < -0.4 is 24.8 Å². The summed E-state index contributed by atoms with van der Waals surface area (Å²) < 4.78 is 44.4. The number of methoxy groups -OCH3 is 1. The van der Waals surface area contributed by atoms with E-state index in [4.69, 9.17) is 24.2 Å². The molecule has 3 fully saturated rings. The van der Waals surface area contributed by atoms with Crippen LogP contribution in [0.5, 0.6) is 11.6 Å². The zero-order valence-corrected chi connectivity index (χ0v) is 32.8. The molecule has 15 nitrogen and oxygen atoms in total. The van der Waals surface area contributed by atoms with E-state index < -0.39 is 79.2 Å². The molecule has 3 aliphatic rings. The van der Waals surface area contributed by atoms with Crippen LogP contribution in [0.2, 0.25) is 0 Å². The highest BCUT2D eigenvalue weighted by atomic mass is 32.2. The summed E-state index contributed by atoms with van der Waals surface area (Å²) >= 11 is 0. The Kier molecular flexibility index (Phi) is 10.5. The van der Waals surface area contributed by atoms with Crippen molar-refractivity contribution in [3.05, 3.63) is 36.5 Å². The van der Waals surface area contributed by atoms with Gasteiger partial charge in [0.2, 0.25) is 27.7 Å². The summed E-state index contributed by atoms with van der Waals surface area (Å²) in [5, 5.41) is 5.49. The molecule has 1 aliphatic heterocycles. The van der Waals surface area contributed by atoms with E-state index in [1.807, 2.05) is 6.92 Å². The minimum atomic E-state index is -4.00. The van der Waals surface area contributed by atoms with E-state index in [2.05, 4.69) is 21.9 Å². The Hall–Kier alpha value is -4.47. The molecule has 1 aromatic heterocycles.